The standard InChI is InChI=1S/C7H12O5/c1-3-11-6(9)5(8)7(10)12-4-2/h5,8H,3-4H2,1-2H3. The maximum Gasteiger partial charge on any atom is 0.346 e. The lowest BCUT2D eigenvalue weighted by Crippen LogP contribution is -2.33. The molecule has 0 rings (SSSR count). The zero-order valence-corrected chi connectivity index (χ0v) is 7.07. The summed E-state index contributed by atoms with van der Waals surface area (Å²) in [7, 11) is 0. The molecule has 0 aromatic carbocycles. The summed E-state index contributed by atoms with van der Waals surface area (Å²) < 4.78 is 8.76. The van der Waals surface area contributed by atoms with Crippen LogP contribution in [0, 0.1) is 0 Å². The monoisotopic (exact) mass is 176 g/mol. The van der Waals surface area contributed by atoms with Gasteiger partial charge in [0.05, 0.1) is 13.2 Å². The van der Waals surface area contributed by atoms with Crippen LogP contribution in [0.3, 0.4) is 0 Å². The fourth-order valence-corrected chi connectivity index (χ4v) is 0.539. The molecule has 0 saturated heterocycles. The minimum atomic E-state index is -1.81. The van der Waals surface area contributed by atoms with Crippen molar-refractivity contribution in [3.63, 3.8) is 0 Å². The Morgan fingerprint density at radius 1 is 1.17 bits per heavy atom. The van der Waals surface area contributed by atoms with E-state index in [1.165, 1.54) is 0 Å². The van der Waals surface area contributed by atoms with Crippen molar-refractivity contribution in [2.24, 2.45) is 0 Å². The minimum Gasteiger partial charge on any atom is -0.464 e. The van der Waals surface area contributed by atoms with Crippen molar-refractivity contribution >= 4 is 11.9 Å². The highest BCUT2D eigenvalue weighted by Gasteiger charge is 2.26. The fourth-order valence-electron chi connectivity index (χ4n) is 0.539. The fraction of sp³-hybridized carbons (Fsp3) is 0.714. The van der Waals surface area contributed by atoms with E-state index in [9.17, 15) is 9.59 Å². The smallest absolute Gasteiger partial charge is 0.346 e. The van der Waals surface area contributed by atoms with E-state index in [-0.39, 0.29) is 13.2 Å². The van der Waals surface area contributed by atoms with Crippen LogP contribution in [0.1, 0.15) is 13.8 Å². The Bertz CT molecular complexity index is 147. The van der Waals surface area contributed by atoms with Gasteiger partial charge in [0.1, 0.15) is 0 Å². The van der Waals surface area contributed by atoms with Gasteiger partial charge in [-0.1, -0.05) is 0 Å². The van der Waals surface area contributed by atoms with Crippen molar-refractivity contribution in [1.82, 2.24) is 0 Å². The quantitative estimate of drug-likeness (QED) is 0.460. The molecule has 0 bridgehead atoms. The van der Waals surface area contributed by atoms with E-state index >= 15 is 0 Å². The summed E-state index contributed by atoms with van der Waals surface area (Å²) in [5.41, 5.74) is 0. The second-order valence-electron chi connectivity index (χ2n) is 1.91. The molecule has 12 heavy (non-hydrogen) atoms. The molecule has 0 amide bonds. The van der Waals surface area contributed by atoms with Crippen molar-refractivity contribution in [3.05, 3.63) is 0 Å². The largest absolute Gasteiger partial charge is 0.464 e. The maximum absolute atomic E-state index is 10.7. The summed E-state index contributed by atoms with van der Waals surface area (Å²) >= 11 is 0. The van der Waals surface area contributed by atoms with Crippen LogP contribution in [0.15, 0.2) is 0 Å². The van der Waals surface area contributed by atoms with Gasteiger partial charge in [0.15, 0.2) is 0 Å². The topological polar surface area (TPSA) is 72.8 Å². The molecule has 0 aliphatic rings. The van der Waals surface area contributed by atoms with Crippen LogP contribution in [-0.4, -0.2) is 36.4 Å². The normalized spacial score (nSPS) is 9.67. The SMILES string of the molecule is CCOC(=O)C(O)C(=O)OCC. The predicted molar refractivity (Wildman–Crippen MR) is 39.3 cm³/mol. The number of aliphatic hydroxyl groups is 1. The number of hydrogen-bond donors (Lipinski definition) is 1. The molecule has 0 aromatic heterocycles. The van der Waals surface area contributed by atoms with Crippen LogP contribution in [0.5, 0.6) is 0 Å². The molecule has 0 atom stereocenters. The molecule has 0 saturated carbocycles. The van der Waals surface area contributed by atoms with Gasteiger partial charge in [0, 0.05) is 0 Å². The second kappa shape index (κ2) is 5.54. The van der Waals surface area contributed by atoms with Gasteiger partial charge in [-0.2, -0.15) is 0 Å². The number of hydrogen-bond acceptors (Lipinski definition) is 5. The molecule has 70 valence electrons. The average Bonchev–Trinajstić information content (AvgIpc) is 2.04. The van der Waals surface area contributed by atoms with Crippen LogP contribution >= 0.6 is 0 Å². The predicted octanol–water partition coefficient (Wildman–Crippen LogP) is -0.527. The highest BCUT2D eigenvalue weighted by molar-refractivity contribution is 5.97. The summed E-state index contributed by atoms with van der Waals surface area (Å²) in [5, 5.41) is 8.90. The Kier molecular flexibility index (Phi) is 5.03. The molecule has 5 nitrogen and oxygen atoms in total. The summed E-state index contributed by atoms with van der Waals surface area (Å²) in [5.74, 6) is -1.95. The first-order chi connectivity index (χ1) is 5.63. The summed E-state index contributed by atoms with van der Waals surface area (Å²) in [6.07, 6.45) is -1.81. The van der Waals surface area contributed by atoms with Gasteiger partial charge in [0.25, 0.3) is 0 Å². The van der Waals surface area contributed by atoms with Gasteiger partial charge in [-0.15, -0.1) is 0 Å². The molecular weight excluding hydrogens is 164 g/mol. The molecule has 0 fully saturated rings. The van der Waals surface area contributed by atoms with Gasteiger partial charge in [-0.3, -0.25) is 0 Å². The van der Waals surface area contributed by atoms with Gasteiger partial charge in [-0.05, 0) is 13.8 Å². The second-order valence-corrected chi connectivity index (χ2v) is 1.91. The zero-order valence-electron chi connectivity index (χ0n) is 7.07. The summed E-state index contributed by atoms with van der Waals surface area (Å²) in [6.45, 7) is 3.40. The highest BCUT2D eigenvalue weighted by Crippen LogP contribution is 1.92. The molecule has 0 heterocycles. The lowest BCUT2D eigenvalue weighted by Gasteiger charge is -2.07. The number of aliphatic hydroxyl groups excluding tert-OH is 1. The summed E-state index contributed by atoms with van der Waals surface area (Å²) in [4.78, 5) is 21.4. The highest BCUT2D eigenvalue weighted by atomic mass is 16.6. The van der Waals surface area contributed by atoms with Crippen LogP contribution in [0.4, 0.5) is 0 Å². The molecule has 5 heteroatoms. The van der Waals surface area contributed by atoms with Crippen molar-refractivity contribution in [2.75, 3.05) is 13.2 Å². The van der Waals surface area contributed by atoms with E-state index in [1.54, 1.807) is 13.8 Å². The molecule has 0 aliphatic heterocycles. The Labute approximate surface area is 70.3 Å². The Morgan fingerprint density at radius 3 is 1.75 bits per heavy atom. The van der Waals surface area contributed by atoms with E-state index in [1.807, 2.05) is 0 Å². The van der Waals surface area contributed by atoms with Crippen molar-refractivity contribution in [2.45, 2.75) is 20.0 Å². The van der Waals surface area contributed by atoms with Gasteiger partial charge in [-0.25, -0.2) is 9.59 Å². The van der Waals surface area contributed by atoms with Crippen LogP contribution in [0.2, 0.25) is 0 Å². The van der Waals surface area contributed by atoms with E-state index < -0.39 is 18.0 Å². The third-order valence-corrected chi connectivity index (χ3v) is 1.02. The van der Waals surface area contributed by atoms with E-state index in [4.69, 9.17) is 5.11 Å². The first kappa shape index (κ1) is 10.9. The third-order valence-electron chi connectivity index (χ3n) is 1.02. The van der Waals surface area contributed by atoms with Gasteiger partial charge >= 0.3 is 11.9 Å². The van der Waals surface area contributed by atoms with Gasteiger partial charge < -0.3 is 14.6 Å². The number of esters is 2. The molecular formula is C7H12O5. The Balaban J connectivity index is 3.91. The van der Waals surface area contributed by atoms with E-state index in [0.717, 1.165) is 0 Å². The molecule has 0 unspecified atom stereocenters. The Morgan fingerprint density at radius 2 is 1.50 bits per heavy atom. The molecule has 1 N–H and O–H groups in total. The maximum atomic E-state index is 10.7. The third kappa shape index (κ3) is 3.34. The lowest BCUT2D eigenvalue weighted by atomic mass is 10.4. The summed E-state index contributed by atoms with van der Waals surface area (Å²) in [6, 6.07) is 0. The lowest BCUT2D eigenvalue weighted by molar-refractivity contribution is -0.168. The number of carbonyl (C=O) groups is 2. The molecule has 0 aromatic rings. The first-order valence-corrected chi connectivity index (χ1v) is 3.64. The molecule has 0 radical (unpaired) electrons. The van der Waals surface area contributed by atoms with E-state index in [2.05, 4.69) is 9.47 Å². The number of carbonyl (C=O) groups excluding carboxylic acids is 2. The average molecular weight is 176 g/mol. The van der Waals surface area contributed by atoms with Gasteiger partial charge in [0.2, 0.25) is 6.10 Å². The van der Waals surface area contributed by atoms with Crippen molar-refractivity contribution < 1.29 is 24.2 Å². The van der Waals surface area contributed by atoms with Crippen LogP contribution < -0.4 is 0 Å². The first-order valence-electron chi connectivity index (χ1n) is 3.64. The Hall–Kier alpha value is -1.10. The zero-order chi connectivity index (χ0) is 9.56. The minimum absolute atomic E-state index is 0.120. The van der Waals surface area contributed by atoms with Crippen molar-refractivity contribution in [1.29, 1.82) is 0 Å². The number of rotatable bonds is 4. The van der Waals surface area contributed by atoms with Crippen molar-refractivity contribution in [3.8, 4) is 0 Å². The number of ether oxygens (including phenoxy) is 2. The van der Waals surface area contributed by atoms with E-state index in [0.29, 0.717) is 0 Å². The molecule has 0 spiro atoms. The van der Waals surface area contributed by atoms with Crippen LogP contribution in [0.25, 0.3) is 0 Å². The molecule has 0 aliphatic carbocycles. The van der Waals surface area contributed by atoms with Crippen LogP contribution in [-0.2, 0) is 19.1 Å².